The van der Waals surface area contributed by atoms with Crippen LogP contribution in [0.2, 0.25) is 0 Å². The normalized spacial score (nSPS) is 12.2. The zero-order valence-electron chi connectivity index (χ0n) is 19.3. The molecule has 0 aliphatic rings. The molecule has 0 aliphatic heterocycles. The number of carbonyl (C=O) groups is 2. The van der Waals surface area contributed by atoms with Gasteiger partial charge >= 0.3 is 0 Å². The number of likely N-dealkylation sites (N-methyl/N-ethyl adjacent to an activating group) is 1. The third-order valence-corrected chi connectivity index (χ3v) is 6.73. The second-order valence-electron chi connectivity index (χ2n) is 8.07. The molecule has 0 saturated carbocycles. The molecule has 3 aromatic rings. The smallest absolute Gasteiger partial charge is 0.244 e. The Balaban J connectivity index is 1.99. The number of fused-ring (bicyclic) bond motifs is 1. The summed E-state index contributed by atoms with van der Waals surface area (Å²) in [6.45, 7) is 3.36. The standard InChI is InChI=1S/C25H29N3O4S/c1-18-12-14-20(15-13-18)16-27(19(2)25(30)26-3)24(29)17-28(33(4,31)32)23-11-7-9-21-8-5-6-10-22(21)23/h5-15,19H,16-17H2,1-4H3,(H,26,30)/t19-/m0/s1. The molecule has 0 aliphatic carbocycles. The molecule has 1 N–H and O–H groups in total. The quantitative estimate of drug-likeness (QED) is 0.552. The van der Waals surface area contributed by atoms with Crippen LogP contribution in [-0.2, 0) is 26.2 Å². The summed E-state index contributed by atoms with van der Waals surface area (Å²) >= 11 is 0. The highest BCUT2D eigenvalue weighted by atomic mass is 32.2. The number of rotatable bonds is 8. The van der Waals surface area contributed by atoms with Crippen LogP contribution in [0.15, 0.2) is 66.7 Å². The zero-order valence-corrected chi connectivity index (χ0v) is 20.1. The maximum absolute atomic E-state index is 13.5. The Kier molecular flexibility index (Phi) is 7.38. The van der Waals surface area contributed by atoms with Gasteiger partial charge in [-0.1, -0.05) is 66.2 Å². The molecule has 0 unspecified atom stereocenters. The number of amides is 2. The van der Waals surface area contributed by atoms with Gasteiger partial charge in [0, 0.05) is 19.0 Å². The highest BCUT2D eigenvalue weighted by Crippen LogP contribution is 2.28. The van der Waals surface area contributed by atoms with Gasteiger partial charge in [-0.3, -0.25) is 13.9 Å². The minimum Gasteiger partial charge on any atom is -0.357 e. The van der Waals surface area contributed by atoms with Crippen LogP contribution in [0.5, 0.6) is 0 Å². The Hall–Kier alpha value is -3.39. The molecule has 174 valence electrons. The molecule has 3 aromatic carbocycles. The van der Waals surface area contributed by atoms with Crippen molar-refractivity contribution < 1.29 is 18.0 Å². The molecule has 7 nitrogen and oxygen atoms in total. The lowest BCUT2D eigenvalue weighted by molar-refractivity contribution is -0.139. The van der Waals surface area contributed by atoms with Crippen LogP contribution in [0, 0.1) is 6.92 Å². The topological polar surface area (TPSA) is 86.8 Å². The number of sulfonamides is 1. The summed E-state index contributed by atoms with van der Waals surface area (Å²) in [5, 5.41) is 4.16. The van der Waals surface area contributed by atoms with E-state index in [1.54, 1.807) is 19.1 Å². The van der Waals surface area contributed by atoms with Gasteiger partial charge in [0.25, 0.3) is 0 Å². The predicted octanol–water partition coefficient (Wildman–Crippen LogP) is 3.08. The number of carbonyl (C=O) groups excluding carboxylic acids is 2. The lowest BCUT2D eigenvalue weighted by Crippen LogP contribution is -2.50. The van der Waals surface area contributed by atoms with Crippen LogP contribution in [0.25, 0.3) is 10.8 Å². The molecule has 0 bridgehead atoms. The van der Waals surface area contributed by atoms with Gasteiger partial charge in [-0.2, -0.15) is 0 Å². The van der Waals surface area contributed by atoms with Gasteiger partial charge in [0.15, 0.2) is 0 Å². The van der Waals surface area contributed by atoms with E-state index in [-0.39, 0.29) is 12.5 Å². The van der Waals surface area contributed by atoms with Gasteiger partial charge in [-0.05, 0) is 30.9 Å². The largest absolute Gasteiger partial charge is 0.357 e. The second kappa shape index (κ2) is 10.0. The van der Waals surface area contributed by atoms with Crippen molar-refractivity contribution in [2.75, 3.05) is 24.2 Å². The highest BCUT2D eigenvalue weighted by Gasteiger charge is 2.30. The van der Waals surface area contributed by atoms with E-state index in [1.807, 2.05) is 61.5 Å². The number of nitrogens with zero attached hydrogens (tertiary/aromatic N) is 2. The summed E-state index contributed by atoms with van der Waals surface area (Å²) in [5.41, 5.74) is 2.35. The number of nitrogens with one attached hydrogen (secondary N) is 1. The fourth-order valence-electron chi connectivity index (χ4n) is 3.70. The van der Waals surface area contributed by atoms with Crippen molar-refractivity contribution in [3.8, 4) is 0 Å². The van der Waals surface area contributed by atoms with Gasteiger partial charge in [0.1, 0.15) is 12.6 Å². The summed E-state index contributed by atoms with van der Waals surface area (Å²) < 4.78 is 26.6. The first-order chi connectivity index (χ1) is 15.6. The van der Waals surface area contributed by atoms with Crippen LogP contribution >= 0.6 is 0 Å². The summed E-state index contributed by atoms with van der Waals surface area (Å²) in [5.74, 6) is -0.795. The molecule has 33 heavy (non-hydrogen) atoms. The van der Waals surface area contributed by atoms with E-state index in [0.717, 1.165) is 32.5 Å². The Labute approximate surface area is 195 Å². The average molecular weight is 468 g/mol. The summed E-state index contributed by atoms with van der Waals surface area (Å²) in [6, 6.07) is 19.6. The molecule has 0 fully saturated rings. The van der Waals surface area contributed by atoms with Crippen LogP contribution in [0.4, 0.5) is 5.69 Å². The van der Waals surface area contributed by atoms with E-state index < -0.39 is 28.5 Å². The lowest BCUT2D eigenvalue weighted by Gasteiger charge is -2.31. The number of hydrogen-bond acceptors (Lipinski definition) is 4. The zero-order chi connectivity index (χ0) is 24.2. The molecule has 0 radical (unpaired) electrons. The first-order valence-electron chi connectivity index (χ1n) is 10.6. The van der Waals surface area contributed by atoms with Crippen molar-refractivity contribution in [1.29, 1.82) is 0 Å². The minimum absolute atomic E-state index is 0.181. The van der Waals surface area contributed by atoms with Crippen molar-refractivity contribution in [1.82, 2.24) is 10.2 Å². The van der Waals surface area contributed by atoms with Crippen LogP contribution in [0.3, 0.4) is 0 Å². The summed E-state index contributed by atoms with van der Waals surface area (Å²) in [6.07, 6.45) is 1.08. The van der Waals surface area contributed by atoms with E-state index in [2.05, 4.69) is 5.32 Å². The lowest BCUT2D eigenvalue weighted by atomic mass is 10.1. The summed E-state index contributed by atoms with van der Waals surface area (Å²) in [7, 11) is -2.28. The third-order valence-electron chi connectivity index (χ3n) is 5.60. The third kappa shape index (κ3) is 5.70. The molecule has 0 heterocycles. The van der Waals surface area contributed by atoms with E-state index in [4.69, 9.17) is 0 Å². The molecular formula is C25H29N3O4S. The number of aryl methyl sites for hydroxylation is 1. The number of hydrogen-bond donors (Lipinski definition) is 1. The van der Waals surface area contributed by atoms with Crippen molar-refractivity contribution in [2.45, 2.75) is 26.4 Å². The van der Waals surface area contributed by atoms with E-state index in [0.29, 0.717) is 5.69 Å². The Morgan fingerprint density at radius 1 is 0.970 bits per heavy atom. The molecule has 2 amide bonds. The predicted molar refractivity (Wildman–Crippen MR) is 131 cm³/mol. The maximum Gasteiger partial charge on any atom is 0.244 e. The minimum atomic E-state index is -3.78. The van der Waals surface area contributed by atoms with E-state index in [9.17, 15) is 18.0 Å². The molecular weight excluding hydrogens is 438 g/mol. The van der Waals surface area contributed by atoms with Gasteiger partial charge in [-0.15, -0.1) is 0 Å². The first-order valence-corrected chi connectivity index (χ1v) is 12.5. The van der Waals surface area contributed by atoms with Crippen molar-refractivity contribution in [3.63, 3.8) is 0 Å². The molecule has 0 spiro atoms. The van der Waals surface area contributed by atoms with Gasteiger partial charge in [-0.25, -0.2) is 8.42 Å². The van der Waals surface area contributed by atoms with Gasteiger partial charge in [0.2, 0.25) is 21.8 Å². The number of benzene rings is 3. The second-order valence-corrected chi connectivity index (χ2v) is 9.97. The fourth-order valence-corrected chi connectivity index (χ4v) is 4.56. The van der Waals surface area contributed by atoms with Crippen molar-refractivity contribution in [3.05, 3.63) is 77.9 Å². The molecule has 3 rings (SSSR count). The number of anilines is 1. The molecule has 0 aromatic heterocycles. The SMILES string of the molecule is CNC(=O)[C@H](C)N(Cc1ccc(C)cc1)C(=O)CN(c1cccc2ccccc12)S(C)(=O)=O. The Morgan fingerprint density at radius 3 is 2.24 bits per heavy atom. The maximum atomic E-state index is 13.5. The van der Waals surface area contributed by atoms with Crippen LogP contribution in [0.1, 0.15) is 18.1 Å². The monoisotopic (exact) mass is 467 g/mol. The highest BCUT2D eigenvalue weighted by molar-refractivity contribution is 7.92. The Bertz CT molecular complexity index is 1250. The molecule has 0 saturated heterocycles. The van der Waals surface area contributed by atoms with Gasteiger partial charge in [0.05, 0.1) is 11.9 Å². The van der Waals surface area contributed by atoms with Gasteiger partial charge < -0.3 is 10.2 Å². The molecule has 1 atom stereocenters. The van der Waals surface area contributed by atoms with E-state index in [1.165, 1.54) is 11.9 Å². The van der Waals surface area contributed by atoms with Crippen molar-refractivity contribution >= 4 is 38.3 Å². The molecule has 8 heteroatoms. The van der Waals surface area contributed by atoms with Crippen molar-refractivity contribution in [2.24, 2.45) is 0 Å². The van der Waals surface area contributed by atoms with E-state index >= 15 is 0 Å². The first kappa shape index (κ1) is 24.3. The van der Waals surface area contributed by atoms with Crippen LogP contribution in [-0.4, -0.2) is 51.0 Å². The summed E-state index contributed by atoms with van der Waals surface area (Å²) in [4.78, 5) is 27.3. The van der Waals surface area contributed by atoms with Crippen LogP contribution < -0.4 is 9.62 Å². The fraction of sp³-hybridized carbons (Fsp3) is 0.280. The Morgan fingerprint density at radius 2 is 1.61 bits per heavy atom. The average Bonchev–Trinajstić information content (AvgIpc) is 2.80.